The Kier molecular flexibility index (Phi) is 11.8. The van der Waals surface area contributed by atoms with Crippen LogP contribution in [0.5, 0.6) is 0 Å². The average Bonchev–Trinajstić information content (AvgIpc) is 2.67. The van der Waals surface area contributed by atoms with E-state index < -0.39 is 31.7 Å². The number of nitrogens with zero attached hydrogens (tertiary/aromatic N) is 1. The van der Waals surface area contributed by atoms with Crippen molar-refractivity contribution in [2.45, 2.75) is 27.7 Å². The van der Waals surface area contributed by atoms with Gasteiger partial charge in [-0.15, -0.1) is 0 Å². The van der Waals surface area contributed by atoms with E-state index in [2.05, 4.69) is 14.6 Å². The third kappa shape index (κ3) is 6.54. The lowest BCUT2D eigenvalue weighted by Crippen LogP contribution is -2.39. The Morgan fingerprint density at radius 1 is 0.714 bits per heavy atom. The summed E-state index contributed by atoms with van der Waals surface area (Å²) in [4.78, 5) is 9.73. The van der Waals surface area contributed by atoms with E-state index in [4.69, 9.17) is 40.7 Å². The molecule has 168 valence electrons. The normalized spacial score (nSPS) is 36.6. The third-order valence-electron chi connectivity index (χ3n) is 3.25. The topological polar surface area (TPSA) is 122 Å². The summed E-state index contributed by atoms with van der Waals surface area (Å²) in [5.74, 6) is 0. The molecule has 0 aromatic heterocycles. The molecule has 0 aliphatic carbocycles. The summed E-state index contributed by atoms with van der Waals surface area (Å²) in [6.07, 6.45) is 0. The van der Waals surface area contributed by atoms with Gasteiger partial charge in [0.05, 0.1) is 57.5 Å². The number of nitrogens with one attached hydrogen (secondary N) is 3. The third-order valence-corrected chi connectivity index (χ3v) is 15.9. The molecule has 1 aliphatic heterocycles. The van der Waals surface area contributed by atoms with Gasteiger partial charge in [0.2, 0.25) is 0 Å². The van der Waals surface area contributed by atoms with Crippen LogP contribution in [0.3, 0.4) is 0 Å². The van der Waals surface area contributed by atoms with E-state index in [9.17, 15) is 0 Å². The maximum atomic E-state index is 5.96. The molecule has 0 spiro atoms. The monoisotopic (exact) mass is 487 g/mol. The lowest BCUT2D eigenvalue weighted by molar-refractivity contribution is 0.229. The van der Waals surface area contributed by atoms with Gasteiger partial charge < -0.3 is 9.05 Å². The van der Waals surface area contributed by atoms with Crippen molar-refractivity contribution in [3.05, 3.63) is 0 Å². The molecule has 0 saturated carbocycles. The zero-order valence-electron chi connectivity index (χ0n) is 17.8. The highest BCUT2D eigenvalue weighted by atomic mass is 31.3. The lowest BCUT2D eigenvalue weighted by atomic mass is 10.9. The van der Waals surface area contributed by atoms with Crippen LogP contribution in [0, 0.1) is 0 Å². The average molecular weight is 487 g/mol. The molecule has 0 saturated heterocycles. The Bertz CT molecular complexity index is 538. The molecule has 3 N–H and O–H groups in total. The molecule has 0 bridgehead atoms. The first kappa shape index (κ1) is 27.1. The molecular formula is C12H35N4O8P4+3. The van der Waals surface area contributed by atoms with Crippen LogP contribution < -0.4 is 14.6 Å². The first-order chi connectivity index (χ1) is 13.3. The maximum Gasteiger partial charge on any atom is 0.525 e. The summed E-state index contributed by atoms with van der Waals surface area (Å²) >= 11 is 0. The lowest BCUT2D eigenvalue weighted by Gasteiger charge is -2.32. The Morgan fingerprint density at radius 3 is 1.71 bits per heavy atom. The van der Waals surface area contributed by atoms with Crippen molar-refractivity contribution in [3.8, 4) is 0 Å². The fourth-order valence-electron chi connectivity index (χ4n) is 2.21. The minimum atomic E-state index is -3.11. The Labute approximate surface area is 170 Å². The fourth-order valence-corrected chi connectivity index (χ4v) is 15.9. The molecule has 16 heteroatoms. The van der Waals surface area contributed by atoms with E-state index in [1.807, 2.05) is 27.7 Å². The van der Waals surface area contributed by atoms with Crippen molar-refractivity contribution in [2.75, 3.05) is 54.9 Å². The van der Waals surface area contributed by atoms with Crippen molar-refractivity contribution in [2.24, 2.45) is 4.52 Å². The van der Waals surface area contributed by atoms with Gasteiger partial charge >= 0.3 is 31.7 Å². The molecule has 4 atom stereocenters. The van der Waals surface area contributed by atoms with Gasteiger partial charge in [0.1, 0.15) is 0 Å². The molecule has 1 aliphatic rings. The molecule has 4 unspecified atom stereocenters. The Hall–Kier alpha value is 1.08. The molecule has 0 fully saturated rings. The van der Waals surface area contributed by atoms with Crippen molar-refractivity contribution < 1.29 is 36.2 Å². The second kappa shape index (κ2) is 12.2. The molecule has 1 rings (SSSR count). The first-order valence-corrected chi connectivity index (χ1v) is 15.2. The van der Waals surface area contributed by atoms with Crippen molar-refractivity contribution in [1.29, 1.82) is 0 Å². The van der Waals surface area contributed by atoms with Crippen molar-refractivity contribution in [1.82, 2.24) is 14.6 Å². The molecule has 0 aromatic carbocycles. The van der Waals surface area contributed by atoms with E-state index in [0.717, 1.165) is 0 Å². The van der Waals surface area contributed by atoms with Gasteiger partial charge in [-0.05, 0) is 32.6 Å². The molecular weight excluding hydrogens is 452 g/mol. The van der Waals surface area contributed by atoms with Gasteiger partial charge in [0.15, 0.2) is 0 Å². The zero-order valence-corrected chi connectivity index (χ0v) is 21.4. The first-order valence-electron chi connectivity index (χ1n) is 8.82. The summed E-state index contributed by atoms with van der Waals surface area (Å²) in [5.41, 5.74) is 0. The van der Waals surface area contributed by atoms with Crippen LogP contribution in [0.25, 0.3) is 0 Å². The van der Waals surface area contributed by atoms with Crippen LogP contribution in [0.2, 0.25) is 0 Å². The van der Waals surface area contributed by atoms with Gasteiger partial charge in [-0.25, -0.2) is 0 Å². The molecule has 0 amide bonds. The largest absolute Gasteiger partial charge is 0.525 e. The van der Waals surface area contributed by atoms with E-state index in [0.29, 0.717) is 26.4 Å². The highest BCUT2D eigenvalue weighted by Crippen LogP contribution is 2.81. The van der Waals surface area contributed by atoms with Gasteiger partial charge in [0, 0.05) is 11.6 Å². The zero-order chi connectivity index (χ0) is 21.3. The van der Waals surface area contributed by atoms with Crippen LogP contribution in [0.4, 0.5) is 0 Å². The summed E-state index contributed by atoms with van der Waals surface area (Å²) in [6, 6.07) is 0. The summed E-state index contributed by atoms with van der Waals surface area (Å²) in [5, 5.41) is 0. The quantitative estimate of drug-likeness (QED) is 0.338. The second-order valence-corrected chi connectivity index (χ2v) is 14.8. The predicted molar refractivity (Wildman–Crippen MR) is 114 cm³/mol. The predicted octanol–water partition coefficient (Wildman–Crippen LogP) is 4.48. The number of hydrogen-bond donors (Lipinski definition) is 3. The standard InChI is InChI=1S/C12H35N4O8P4/c1-9-21-25(17-5)13-26(18-6,22-10-2)15-28(20-8,24-12-4)16-27(14-25,19-7)23-11-3/h13-15H,9-12H2,1-8H3/q+3. The van der Waals surface area contributed by atoms with Gasteiger partial charge in [-0.1, -0.05) is 0 Å². The Morgan fingerprint density at radius 2 is 1.29 bits per heavy atom. The second-order valence-electron chi connectivity index (χ2n) is 4.93. The fraction of sp³-hybridized carbons (Fsp3) is 1.00. The summed E-state index contributed by atoms with van der Waals surface area (Å²) in [6.45, 7) is 8.74. The van der Waals surface area contributed by atoms with E-state index >= 15 is 0 Å². The summed E-state index contributed by atoms with van der Waals surface area (Å²) in [7, 11) is -6.23. The number of hydrogen-bond acceptors (Lipinski definition) is 12. The molecule has 1 heterocycles. The van der Waals surface area contributed by atoms with Crippen LogP contribution in [0.1, 0.15) is 27.7 Å². The Balaban J connectivity index is 3.73. The van der Waals surface area contributed by atoms with E-state index in [1.165, 1.54) is 28.4 Å². The van der Waals surface area contributed by atoms with E-state index in [1.54, 1.807) is 0 Å². The van der Waals surface area contributed by atoms with Gasteiger partial charge in [-0.3, -0.25) is 0 Å². The minimum absolute atomic E-state index is 0.333. The highest BCUT2D eigenvalue weighted by Gasteiger charge is 2.72. The SMILES string of the molecule is CCOP1(OC)=N[P+](OC)(OCC)N[P+](OC)(OCC)N[P+](OC)(OCC)N1. The van der Waals surface area contributed by atoms with Crippen LogP contribution >= 0.6 is 31.7 Å². The highest BCUT2D eigenvalue weighted by molar-refractivity contribution is 7.90. The maximum absolute atomic E-state index is 5.96. The number of rotatable bonds is 12. The molecule has 0 radical (unpaired) electrons. The van der Waals surface area contributed by atoms with Crippen LogP contribution in [-0.2, 0) is 36.2 Å². The van der Waals surface area contributed by atoms with Crippen LogP contribution in [0.15, 0.2) is 4.52 Å². The minimum Gasteiger partial charge on any atom is -0.311 e. The molecule has 28 heavy (non-hydrogen) atoms. The van der Waals surface area contributed by atoms with Gasteiger partial charge in [-0.2, -0.15) is 27.1 Å². The molecule has 12 nitrogen and oxygen atoms in total. The van der Waals surface area contributed by atoms with E-state index in [-0.39, 0.29) is 0 Å². The smallest absolute Gasteiger partial charge is 0.311 e. The van der Waals surface area contributed by atoms with Gasteiger partial charge in [0.25, 0.3) is 0 Å². The molecule has 0 aromatic rings. The summed E-state index contributed by atoms with van der Waals surface area (Å²) < 4.78 is 51.5. The van der Waals surface area contributed by atoms with Crippen LogP contribution in [-0.4, -0.2) is 54.9 Å². The van der Waals surface area contributed by atoms with Crippen molar-refractivity contribution in [3.63, 3.8) is 0 Å². The van der Waals surface area contributed by atoms with Crippen molar-refractivity contribution >= 4 is 31.7 Å².